The fraction of sp³-hybridized carbons (Fsp3) is 1.00. The lowest BCUT2D eigenvalue weighted by molar-refractivity contribution is -0.109. The van der Waals surface area contributed by atoms with Crippen LogP contribution in [-0.2, 0) is 0 Å². The van der Waals surface area contributed by atoms with Gasteiger partial charge in [0.25, 0.3) is 0 Å². The minimum atomic E-state index is -1.27. The molecular weight excluding hydrogens is 252 g/mol. The summed E-state index contributed by atoms with van der Waals surface area (Å²) in [6.45, 7) is 1.78. The van der Waals surface area contributed by atoms with E-state index < -0.39 is 11.7 Å². The van der Waals surface area contributed by atoms with Crippen LogP contribution in [0.4, 0.5) is 0 Å². The third-order valence-corrected chi connectivity index (χ3v) is 3.80. The molecule has 0 spiro atoms. The lowest BCUT2D eigenvalue weighted by atomic mass is 9.96. The molecule has 0 bridgehead atoms. The van der Waals surface area contributed by atoms with E-state index in [4.69, 9.17) is 10.2 Å². The molecule has 0 fully saturated rings. The Labute approximate surface area is 71.5 Å². The van der Waals surface area contributed by atoms with Gasteiger partial charge < -0.3 is 10.2 Å². The van der Waals surface area contributed by atoms with Crippen LogP contribution in [0.25, 0.3) is 0 Å². The molecule has 0 aromatic rings. The van der Waals surface area contributed by atoms with Crippen molar-refractivity contribution in [2.45, 2.75) is 13.2 Å². The van der Waals surface area contributed by atoms with Crippen molar-refractivity contribution in [3.05, 3.63) is 0 Å². The number of hydrogen-bond donors (Lipinski definition) is 2. The van der Waals surface area contributed by atoms with Crippen molar-refractivity contribution in [1.29, 1.82) is 0 Å². The van der Waals surface area contributed by atoms with E-state index in [1.807, 2.05) is 0 Å². The first kappa shape index (κ1) is 9.88. The summed E-state index contributed by atoms with van der Waals surface area (Å²) < 4.78 is 0. The average molecular weight is 262 g/mol. The van der Waals surface area contributed by atoms with E-state index in [1.165, 1.54) is 0 Å². The first-order chi connectivity index (χ1) is 4.06. The molecule has 0 rings (SSSR count). The Morgan fingerprint density at radius 3 is 1.67 bits per heavy atom. The highest BCUT2D eigenvalue weighted by Crippen LogP contribution is 2.24. The van der Waals surface area contributed by atoms with Crippen molar-refractivity contribution < 1.29 is 10.2 Å². The smallest absolute Gasteiger partial charge is 0.158 e. The molecule has 56 valence electrons. The van der Waals surface area contributed by atoms with E-state index in [2.05, 4.69) is 31.9 Å². The van der Waals surface area contributed by atoms with Gasteiger partial charge in [-0.1, -0.05) is 38.8 Å². The highest BCUT2D eigenvalue weighted by Gasteiger charge is 2.28. The van der Waals surface area contributed by atoms with Crippen molar-refractivity contribution in [2.75, 3.05) is 10.7 Å². The van der Waals surface area contributed by atoms with E-state index in [-0.39, 0.29) is 0 Å². The standard InChI is InChI=1S/C5H10Br2O2/c1-5(2-6,3-7)4(8)9/h4,8-9H,2-3H2,1H3. The van der Waals surface area contributed by atoms with Gasteiger partial charge in [-0.2, -0.15) is 0 Å². The minimum absolute atomic E-state index is 0.472. The van der Waals surface area contributed by atoms with Crippen LogP contribution in [0.15, 0.2) is 0 Å². The van der Waals surface area contributed by atoms with Crippen LogP contribution in [0.3, 0.4) is 0 Å². The lowest BCUT2D eigenvalue weighted by Gasteiger charge is -2.26. The van der Waals surface area contributed by atoms with Crippen LogP contribution in [0.2, 0.25) is 0 Å². The Kier molecular flexibility index (Phi) is 4.29. The van der Waals surface area contributed by atoms with Crippen LogP contribution in [0, 0.1) is 5.41 Å². The van der Waals surface area contributed by atoms with Crippen LogP contribution in [0.5, 0.6) is 0 Å². The summed E-state index contributed by atoms with van der Waals surface area (Å²) in [6.07, 6.45) is -1.27. The molecule has 0 aromatic heterocycles. The fourth-order valence-corrected chi connectivity index (χ4v) is 1.68. The first-order valence-corrected chi connectivity index (χ1v) is 4.79. The van der Waals surface area contributed by atoms with E-state index in [0.717, 1.165) is 0 Å². The number of halogens is 2. The second kappa shape index (κ2) is 3.91. The maximum Gasteiger partial charge on any atom is 0.158 e. The van der Waals surface area contributed by atoms with Gasteiger partial charge in [-0.15, -0.1) is 0 Å². The third-order valence-electron chi connectivity index (χ3n) is 1.23. The Bertz CT molecular complexity index is 81.0. The van der Waals surface area contributed by atoms with E-state index >= 15 is 0 Å². The molecule has 2 nitrogen and oxygen atoms in total. The third kappa shape index (κ3) is 2.53. The Morgan fingerprint density at radius 2 is 1.67 bits per heavy atom. The van der Waals surface area contributed by atoms with Crippen molar-refractivity contribution in [3.8, 4) is 0 Å². The van der Waals surface area contributed by atoms with Gasteiger partial charge in [-0.25, -0.2) is 0 Å². The molecule has 4 heteroatoms. The van der Waals surface area contributed by atoms with Crippen molar-refractivity contribution in [2.24, 2.45) is 5.41 Å². The monoisotopic (exact) mass is 260 g/mol. The van der Waals surface area contributed by atoms with Gasteiger partial charge in [0.2, 0.25) is 0 Å². The second-order valence-electron chi connectivity index (χ2n) is 2.29. The molecule has 0 aromatic carbocycles. The molecule has 0 amide bonds. The molecule has 0 saturated carbocycles. The number of hydrogen-bond acceptors (Lipinski definition) is 2. The molecule has 0 saturated heterocycles. The molecule has 0 unspecified atom stereocenters. The van der Waals surface area contributed by atoms with Gasteiger partial charge in [0.05, 0.1) is 0 Å². The molecule has 0 atom stereocenters. The van der Waals surface area contributed by atoms with Gasteiger partial charge in [0.1, 0.15) is 0 Å². The van der Waals surface area contributed by atoms with Crippen LogP contribution >= 0.6 is 31.9 Å². The maximum absolute atomic E-state index is 8.77. The van der Waals surface area contributed by atoms with Crippen LogP contribution in [0.1, 0.15) is 6.92 Å². The molecule has 0 aliphatic carbocycles. The topological polar surface area (TPSA) is 40.5 Å². The highest BCUT2D eigenvalue weighted by atomic mass is 79.9. The number of rotatable bonds is 3. The minimum Gasteiger partial charge on any atom is -0.368 e. The van der Waals surface area contributed by atoms with Gasteiger partial charge in [0.15, 0.2) is 6.29 Å². The summed E-state index contributed by atoms with van der Waals surface area (Å²) in [5, 5.41) is 18.7. The highest BCUT2D eigenvalue weighted by molar-refractivity contribution is 9.09. The van der Waals surface area contributed by atoms with E-state index in [1.54, 1.807) is 6.92 Å². The summed E-state index contributed by atoms with van der Waals surface area (Å²) in [7, 11) is 0. The SMILES string of the molecule is CC(CBr)(CBr)C(O)O. The summed E-state index contributed by atoms with van der Waals surface area (Å²) in [4.78, 5) is 0. The molecule has 0 aliphatic rings. The summed E-state index contributed by atoms with van der Waals surface area (Å²) >= 11 is 6.37. The predicted molar refractivity (Wildman–Crippen MR) is 43.9 cm³/mol. The lowest BCUT2D eigenvalue weighted by Crippen LogP contribution is -2.35. The van der Waals surface area contributed by atoms with Crippen LogP contribution in [-0.4, -0.2) is 27.2 Å². The summed E-state index contributed by atoms with van der Waals surface area (Å²) in [6, 6.07) is 0. The normalized spacial score (nSPS) is 12.7. The van der Waals surface area contributed by atoms with Gasteiger partial charge in [0, 0.05) is 16.1 Å². The number of aliphatic hydroxyl groups excluding tert-OH is 1. The predicted octanol–water partition coefficient (Wildman–Crippen LogP) is 1.09. The fourth-order valence-electron chi connectivity index (χ4n) is 0.174. The average Bonchev–Trinajstić information content (AvgIpc) is 1.86. The Balaban J connectivity index is 3.92. The first-order valence-electron chi connectivity index (χ1n) is 2.55. The van der Waals surface area contributed by atoms with E-state index in [0.29, 0.717) is 10.7 Å². The largest absolute Gasteiger partial charge is 0.368 e. The van der Waals surface area contributed by atoms with Crippen molar-refractivity contribution >= 4 is 31.9 Å². The Hall–Kier alpha value is 0.880. The zero-order chi connectivity index (χ0) is 7.49. The zero-order valence-corrected chi connectivity index (χ0v) is 8.31. The molecule has 0 heterocycles. The number of aliphatic hydroxyl groups is 2. The second-order valence-corrected chi connectivity index (χ2v) is 3.42. The summed E-state index contributed by atoms with van der Waals surface area (Å²) in [5.74, 6) is 0. The molecule has 0 radical (unpaired) electrons. The van der Waals surface area contributed by atoms with Crippen LogP contribution < -0.4 is 0 Å². The zero-order valence-electron chi connectivity index (χ0n) is 5.14. The van der Waals surface area contributed by atoms with Gasteiger partial charge in [-0.05, 0) is 0 Å². The van der Waals surface area contributed by atoms with E-state index in [9.17, 15) is 0 Å². The number of alkyl halides is 2. The van der Waals surface area contributed by atoms with Gasteiger partial charge >= 0.3 is 0 Å². The summed E-state index contributed by atoms with van der Waals surface area (Å²) in [5.41, 5.74) is -0.472. The van der Waals surface area contributed by atoms with Crippen molar-refractivity contribution in [3.63, 3.8) is 0 Å². The molecule has 2 N–H and O–H groups in total. The molecule has 9 heavy (non-hydrogen) atoms. The van der Waals surface area contributed by atoms with Crippen molar-refractivity contribution in [1.82, 2.24) is 0 Å². The Morgan fingerprint density at radius 1 is 1.33 bits per heavy atom. The maximum atomic E-state index is 8.77. The van der Waals surface area contributed by atoms with Gasteiger partial charge in [-0.3, -0.25) is 0 Å². The quantitative estimate of drug-likeness (QED) is 0.590. The molecular formula is C5H10Br2O2. The molecule has 0 aliphatic heterocycles.